The van der Waals surface area contributed by atoms with Crippen molar-refractivity contribution in [1.82, 2.24) is 19.9 Å². The highest BCUT2D eigenvalue weighted by Crippen LogP contribution is 2.54. The third-order valence-corrected chi connectivity index (χ3v) is 6.77. The van der Waals surface area contributed by atoms with Gasteiger partial charge >= 0.3 is 6.18 Å². The van der Waals surface area contributed by atoms with Gasteiger partial charge < -0.3 is 9.80 Å². The molecule has 4 atom stereocenters. The van der Waals surface area contributed by atoms with E-state index in [1.54, 1.807) is 17.0 Å². The highest BCUT2D eigenvalue weighted by Gasteiger charge is 2.69. The zero-order valence-electron chi connectivity index (χ0n) is 17.1. The summed E-state index contributed by atoms with van der Waals surface area (Å²) < 4.78 is 53.4. The first-order valence-corrected chi connectivity index (χ1v) is 10.6. The minimum absolute atomic E-state index is 0.0277. The topological polar surface area (TPSA) is 62.0 Å². The number of nitrogens with zero attached hydrogens (tertiary/aromatic N) is 5. The molecule has 33 heavy (non-hydrogen) atoms. The smallest absolute Gasteiger partial charge is 0.342 e. The Labute approximate surface area is 185 Å². The molecule has 0 saturated carbocycles. The number of hydrogen-bond acceptors (Lipinski definition) is 5. The number of rotatable bonds is 3. The number of piperazine rings is 1. The number of pyridine rings is 1. The Balaban J connectivity index is 1.28. The van der Waals surface area contributed by atoms with Crippen molar-refractivity contribution in [3.63, 3.8) is 0 Å². The van der Waals surface area contributed by atoms with Crippen molar-refractivity contribution < 1.29 is 22.4 Å². The summed E-state index contributed by atoms with van der Waals surface area (Å²) in [5.74, 6) is -0.305. The van der Waals surface area contributed by atoms with Crippen LogP contribution in [0, 0.1) is 5.82 Å². The van der Waals surface area contributed by atoms with Gasteiger partial charge in [0.2, 0.25) is 0 Å². The lowest BCUT2D eigenvalue weighted by Crippen LogP contribution is -2.43. The first kappa shape index (κ1) is 20.1. The van der Waals surface area contributed by atoms with Crippen molar-refractivity contribution in [2.75, 3.05) is 4.90 Å². The lowest BCUT2D eigenvalue weighted by Gasteiger charge is -2.29. The monoisotopic (exact) mass is 455 g/mol. The Morgan fingerprint density at radius 1 is 0.939 bits per heavy atom. The van der Waals surface area contributed by atoms with Crippen molar-refractivity contribution in [3.8, 4) is 11.4 Å². The van der Waals surface area contributed by atoms with Crippen LogP contribution in [-0.4, -0.2) is 49.9 Å². The van der Waals surface area contributed by atoms with Crippen molar-refractivity contribution in [3.05, 3.63) is 71.9 Å². The fraction of sp³-hybridized carbons (Fsp3) is 0.304. The van der Waals surface area contributed by atoms with E-state index in [-0.39, 0.29) is 35.6 Å². The van der Waals surface area contributed by atoms with Gasteiger partial charge in [-0.2, -0.15) is 13.2 Å². The molecule has 0 radical (unpaired) electrons. The van der Waals surface area contributed by atoms with Gasteiger partial charge in [0, 0.05) is 24.2 Å². The second kappa shape index (κ2) is 6.97. The average Bonchev–Trinajstić information content (AvgIpc) is 3.31. The first-order chi connectivity index (χ1) is 15.9. The van der Waals surface area contributed by atoms with E-state index in [0.29, 0.717) is 11.4 Å². The van der Waals surface area contributed by atoms with Gasteiger partial charge in [-0.05, 0) is 37.1 Å². The summed E-state index contributed by atoms with van der Waals surface area (Å²) in [6, 6.07) is 8.07. The molecule has 3 fully saturated rings. The number of alkyl halides is 3. The maximum atomic E-state index is 14.9. The Kier molecular flexibility index (Phi) is 4.24. The van der Waals surface area contributed by atoms with Crippen LogP contribution in [0.2, 0.25) is 0 Å². The van der Waals surface area contributed by atoms with Crippen LogP contribution in [0.5, 0.6) is 0 Å². The van der Waals surface area contributed by atoms with Gasteiger partial charge in [0.1, 0.15) is 11.6 Å². The van der Waals surface area contributed by atoms with Gasteiger partial charge in [-0.15, -0.1) is 0 Å². The highest BCUT2D eigenvalue weighted by atomic mass is 19.4. The van der Waals surface area contributed by atoms with Crippen LogP contribution in [0.1, 0.15) is 28.8 Å². The Hall–Kier alpha value is -3.56. The van der Waals surface area contributed by atoms with Gasteiger partial charge in [0.25, 0.3) is 5.91 Å². The molecule has 2 bridgehead atoms. The molecule has 3 aromatic rings. The van der Waals surface area contributed by atoms with Gasteiger partial charge in [-0.1, -0.05) is 12.1 Å². The molecule has 168 valence electrons. The molecule has 4 unspecified atom stereocenters. The molecule has 3 aliphatic heterocycles. The number of carbonyl (C=O) groups excluding carboxylic acids is 1. The van der Waals surface area contributed by atoms with E-state index in [9.17, 15) is 22.4 Å². The number of carbonyl (C=O) groups is 1. The Morgan fingerprint density at radius 3 is 2.24 bits per heavy atom. The number of hydrogen-bond donors (Lipinski definition) is 0. The second-order valence-corrected chi connectivity index (χ2v) is 8.45. The van der Waals surface area contributed by atoms with Crippen molar-refractivity contribution in [2.45, 2.75) is 43.2 Å². The maximum Gasteiger partial charge on any atom is 0.417 e. The lowest BCUT2D eigenvalue weighted by molar-refractivity contribution is -0.137. The second-order valence-electron chi connectivity index (χ2n) is 8.45. The third-order valence-electron chi connectivity index (χ3n) is 6.77. The number of benzene rings is 1. The number of halogens is 4. The minimum Gasteiger partial charge on any atom is -0.342 e. The van der Waals surface area contributed by atoms with Crippen molar-refractivity contribution in [1.29, 1.82) is 0 Å². The quantitative estimate of drug-likeness (QED) is 0.442. The van der Waals surface area contributed by atoms with Gasteiger partial charge in [-0.3, -0.25) is 4.79 Å². The number of amides is 1. The Morgan fingerprint density at radius 2 is 1.64 bits per heavy atom. The minimum atomic E-state index is -4.44. The van der Waals surface area contributed by atoms with Crippen LogP contribution >= 0.6 is 0 Å². The van der Waals surface area contributed by atoms with Gasteiger partial charge in [0.15, 0.2) is 5.82 Å². The number of fused-ring (bicyclic) bond motifs is 5. The molecule has 0 spiro atoms. The van der Waals surface area contributed by atoms with Crippen LogP contribution in [0.3, 0.4) is 0 Å². The van der Waals surface area contributed by atoms with E-state index >= 15 is 0 Å². The molecule has 10 heteroatoms. The predicted molar refractivity (Wildman–Crippen MR) is 110 cm³/mol. The van der Waals surface area contributed by atoms with Gasteiger partial charge in [0.05, 0.1) is 35.3 Å². The standard InChI is InChI=1S/C23H17F4N5O/c24-14-4-1-3-13(21-28-9-2-10-29-21)18(14)22(33)31-15-6-7-16(31)20-19(15)32(20)17-8-5-12(11-30-17)23(25,26)27/h1-5,8-11,15-16,19-20H,6-7H2. The molecule has 3 saturated heterocycles. The molecule has 1 aromatic carbocycles. The molecule has 6 rings (SSSR count). The summed E-state index contributed by atoms with van der Waals surface area (Å²) in [5.41, 5.74) is -0.517. The zero-order valence-corrected chi connectivity index (χ0v) is 17.1. The average molecular weight is 455 g/mol. The summed E-state index contributed by atoms with van der Waals surface area (Å²) in [7, 11) is 0. The van der Waals surface area contributed by atoms with Crippen LogP contribution in [0.4, 0.5) is 23.4 Å². The largest absolute Gasteiger partial charge is 0.417 e. The normalized spacial score (nSPS) is 25.3. The summed E-state index contributed by atoms with van der Waals surface area (Å²) in [6.45, 7) is 0. The summed E-state index contributed by atoms with van der Waals surface area (Å²) >= 11 is 0. The van der Waals surface area contributed by atoms with Crippen molar-refractivity contribution >= 4 is 11.7 Å². The van der Waals surface area contributed by atoms with Crippen molar-refractivity contribution in [2.24, 2.45) is 0 Å². The fourth-order valence-corrected chi connectivity index (χ4v) is 5.44. The van der Waals surface area contributed by atoms with Crippen LogP contribution in [0.25, 0.3) is 11.4 Å². The summed E-state index contributed by atoms with van der Waals surface area (Å²) in [6.07, 6.45) is 0.957. The molecule has 1 amide bonds. The number of aromatic nitrogens is 3. The molecular formula is C23H17F4N5O. The zero-order chi connectivity index (χ0) is 22.9. The first-order valence-electron chi connectivity index (χ1n) is 10.6. The molecular weight excluding hydrogens is 438 g/mol. The predicted octanol–water partition coefficient (Wildman–Crippen LogP) is 3.94. The van der Waals surface area contributed by atoms with E-state index in [0.717, 1.165) is 25.1 Å². The summed E-state index contributed by atoms with van der Waals surface area (Å²) in [5, 5.41) is 0. The van der Waals surface area contributed by atoms with E-state index < -0.39 is 23.5 Å². The van der Waals surface area contributed by atoms with E-state index in [1.165, 1.54) is 30.6 Å². The van der Waals surface area contributed by atoms with Crippen LogP contribution < -0.4 is 4.90 Å². The molecule has 5 heterocycles. The fourth-order valence-electron chi connectivity index (χ4n) is 5.44. The van der Waals surface area contributed by atoms with E-state index in [4.69, 9.17) is 0 Å². The number of anilines is 1. The highest BCUT2D eigenvalue weighted by molar-refractivity contribution is 6.01. The lowest BCUT2D eigenvalue weighted by atomic mass is 10.0. The van der Waals surface area contributed by atoms with Crippen LogP contribution in [0.15, 0.2) is 55.0 Å². The summed E-state index contributed by atoms with van der Waals surface area (Å²) in [4.78, 5) is 29.6. The maximum absolute atomic E-state index is 14.9. The Bertz CT molecular complexity index is 1220. The van der Waals surface area contributed by atoms with E-state index in [2.05, 4.69) is 15.0 Å². The van der Waals surface area contributed by atoms with E-state index in [1.807, 2.05) is 4.90 Å². The molecule has 0 N–H and O–H groups in total. The SMILES string of the molecule is O=C(c1c(F)cccc1-c1ncccn1)N1C2CCC1C1C2N1c1ccc(C(F)(F)F)cn1. The molecule has 2 aromatic heterocycles. The third kappa shape index (κ3) is 3.00. The molecule has 6 nitrogen and oxygen atoms in total. The van der Waals surface area contributed by atoms with Gasteiger partial charge in [-0.25, -0.2) is 19.3 Å². The molecule has 3 aliphatic rings. The van der Waals surface area contributed by atoms with Crippen LogP contribution in [-0.2, 0) is 6.18 Å². The molecule has 0 aliphatic carbocycles.